The normalized spacial score (nSPS) is 12.1. The Morgan fingerprint density at radius 1 is 1.33 bits per heavy atom. The quantitative estimate of drug-likeness (QED) is 0.528. The monoisotopic (exact) mass is 291 g/mol. The molecule has 1 atom stereocenters. The van der Waals surface area contributed by atoms with E-state index in [2.05, 4.69) is 17.7 Å². The van der Waals surface area contributed by atoms with Crippen LogP contribution in [0.3, 0.4) is 0 Å². The molecule has 0 fully saturated rings. The van der Waals surface area contributed by atoms with Crippen molar-refractivity contribution < 1.29 is 14.6 Å². The maximum Gasteiger partial charge on any atom is 0.118 e. The molecule has 1 aromatic carbocycles. The topological polar surface area (TPSA) is 41.9 Å². The molecule has 1 unspecified atom stereocenters. The molecule has 116 valence electrons. The van der Waals surface area contributed by atoms with Crippen molar-refractivity contribution in [3.8, 4) is 18.1 Å². The van der Waals surface area contributed by atoms with E-state index in [1.165, 1.54) is 5.56 Å². The van der Waals surface area contributed by atoms with Crippen LogP contribution in [0.4, 0.5) is 0 Å². The van der Waals surface area contributed by atoms with E-state index in [0.29, 0.717) is 6.54 Å². The van der Waals surface area contributed by atoms with Crippen LogP contribution in [0.2, 0.25) is 0 Å². The van der Waals surface area contributed by atoms with Gasteiger partial charge in [-0.1, -0.05) is 25.0 Å². The summed E-state index contributed by atoms with van der Waals surface area (Å²) in [5.41, 5.74) is 1.20. The van der Waals surface area contributed by atoms with Gasteiger partial charge in [-0.15, -0.1) is 6.42 Å². The average molecular weight is 291 g/mol. The Balaban J connectivity index is 2.49. The fraction of sp³-hybridized carbons (Fsp3) is 0.529. The number of hydrogen-bond donors (Lipinski definition) is 1. The van der Waals surface area contributed by atoms with Crippen molar-refractivity contribution in [3.63, 3.8) is 0 Å². The standard InChI is InChI=1S/C17H25NO3/c1-4-10-18(13-16(19)14-21-11-5-2)12-15-6-8-17(20-3)9-7-15/h2,6-9,16,19H,4,10-14H2,1,3H3. The van der Waals surface area contributed by atoms with E-state index in [9.17, 15) is 5.11 Å². The first-order chi connectivity index (χ1) is 10.2. The number of nitrogens with zero attached hydrogens (tertiary/aromatic N) is 1. The molecule has 1 aromatic rings. The molecule has 0 aliphatic rings. The summed E-state index contributed by atoms with van der Waals surface area (Å²) in [6.45, 7) is 4.94. The molecule has 0 aliphatic heterocycles. The Kier molecular flexibility index (Phi) is 8.53. The van der Waals surface area contributed by atoms with Gasteiger partial charge in [0.15, 0.2) is 0 Å². The lowest BCUT2D eigenvalue weighted by Gasteiger charge is -2.24. The molecule has 0 heterocycles. The molecular formula is C17H25NO3. The van der Waals surface area contributed by atoms with Crippen LogP contribution in [-0.2, 0) is 11.3 Å². The van der Waals surface area contributed by atoms with Crippen LogP contribution in [0.1, 0.15) is 18.9 Å². The smallest absolute Gasteiger partial charge is 0.118 e. The van der Waals surface area contributed by atoms with E-state index < -0.39 is 6.10 Å². The third kappa shape index (κ3) is 7.14. The van der Waals surface area contributed by atoms with Crippen LogP contribution in [0.25, 0.3) is 0 Å². The van der Waals surface area contributed by atoms with Crippen molar-refractivity contribution in [2.24, 2.45) is 0 Å². The highest BCUT2D eigenvalue weighted by atomic mass is 16.5. The molecule has 0 aromatic heterocycles. The van der Waals surface area contributed by atoms with Crippen molar-refractivity contribution in [1.29, 1.82) is 0 Å². The van der Waals surface area contributed by atoms with Gasteiger partial charge in [0.2, 0.25) is 0 Å². The van der Waals surface area contributed by atoms with E-state index in [1.807, 2.05) is 24.3 Å². The number of ether oxygens (including phenoxy) is 2. The number of methoxy groups -OCH3 is 1. The SMILES string of the molecule is C#CCOCC(O)CN(CCC)Cc1ccc(OC)cc1. The molecule has 0 bridgehead atoms. The van der Waals surface area contributed by atoms with Gasteiger partial charge in [0, 0.05) is 13.1 Å². The van der Waals surface area contributed by atoms with E-state index in [4.69, 9.17) is 15.9 Å². The highest BCUT2D eigenvalue weighted by Gasteiger charge is 2.12. The summed E-state index contributed by atoms with van der Waals surface area (Å²) in [5.74, 6) is 3.24. The van der Waals surface area contributed by atoms with Gasteiger partial charge in [-0.05, 0) is 30.7 Å². The predicted octanol–water partition coefficient (Wildman–Crippen LogP) is 1.92. The lowest BCUT2D eigenvalue weighted by atomic mass is 10.2. The molecule has 0 amide bonds. The summed E-state index contributed by atoms with van der Waals surface area (Å²) in [4.78, 5) is 2.21. The van der Waals surface area contributed by atoms with Gasteiger partial charge in [-0.3, -0.25) is 4.90 Å². The summed E-state index contributed by atoms with van der Waals surface area (Å²) >= 11 is 0. The third-order valence-corrected chi connectivity index (χ3v) is 3.07. The van der Waals surface area contributed by atoms with Gasteiger partial charge in [-0.2, -0.15) is 0 Å². The predicted molar refractivity (Wildman–Crippen MR) is 84.2 cm³/mol. The molecule has 0 saturated carbocycles. The van der Waals surface area contributed by atoms with Crippen LogP contribution in [0.5, 0.6) is 5.75 Å². The molecule has 1 rings (SSSR count). The number of hydrogen-bond acceptors (Lipinski definition) is 4. The zero-order valence-electron chi connectivity index (χ0n) is 12.9. The first-order valence-corrected chi connectivity index (χ1v) is 7.24. The second-order valence-electron chi connectivity index (χ2n) is 4.96. The Labute approximate surface area is 127 Å². The van der Waals surface area contributed by atoms with Crippen molar-refractivity contribution in [2.45, 2.75) is 26.0 Å². The molecule has 21 heavy (non-hydrogen) atoms. The Hall–Kier alpha value is -1.54. The summed E-state index contributed by atoms with van der Waals surface area (Å²) < 4.78 is 10.3. The lowest BCUT2D eigenvalue weighted by molar-refractivity contribution is 0.0261. The minimum atomic E-state index is -0.525. The number of rotatable bonds is 10. The number of aliphatic hydroxyl groups excluding tert-OH is 1. The van der Waals surface area contributed by atoms with E-state index in [-0.39, 0.29) is 13.2 Å². The van der Waals surface area contributed by atoms with Crippen LogP contribution in [0.15, 0.2) is 24.3 Å². The highest BCUT2D eigenvalue weighted by Crippen LogP contribution is 2.13. The first kappa shape index (κ1) is 17.5. The first-order valence-electron chi connectivity index (χ1n) is 7.24. The van der Waals surface area contributed by atoms with Gasteiger partial charge in [0.25, 0.3) is 0 Å². The lowest BCUT2D eigenvalue weighted by Crippen LogP contribution is -2.35. The molecule has 4 nitrogen and oxygen atoms in total. The molecular weight excluding hydrogens is 266 g/mol. The molecule has 4 heteroatoms. The van der Waals surface area contributed by atoms with Crippen LogP contribution in [0, 0.1) is 12.3 Å². The zero-order valence-corrected chi connectivity index (χ0v) is 12.9. The van der Waals surface area contributed by atoms with E-state index >= 15 is 0 Å². The van der Waals surface area contributed by atoms with Crippen LogP contribution >= 0.6 is 0 Å². The Bertz CT molecular complexity index is 425. The molecule has 0 saturated heterocycles. The van der Waals surface area contributed by atoms with Gasteiger partial charge in [0.05, 0.1) is 19.8 Å². The Morgan fingerprint density at radius 2 is 2.05 bits per heavy atom. The second kappa shape index (κ2) is 10.2. The summed E-state index contributed by atoms with van der Waals surface area (Å²) in [5, 5.41) is 9.98. The van der Waals surface area contributed by atoms with Crippen molar-refractivity contribution >= 4 is 0 Å². The molecule has 0 radical (unpaired) electrons. The number of benzene rings is 1. The van der Waals surface area contributed by atoms with Crippen LogP contribution < -0.4 is 4.74 Å². The largest absolute Gasteiger partial charge is 0.497 e. The third-order valence-electron chi connectivity index (χ3n) is 3.07. The zero-order chi connectivity index (χ0) is 15.5. The molecule has 0 aliphatic carbocycles. The molecule has 0 spiro atoms. The highest BCUT2D eigenvalue weighted by molar-refractivity contribution is 5.27. The fourth-order valence-corrected chi connectivity index (χ4v) is 2.14. The van der Waals surface area contributed by atoms with E-state index in [1.54, 1.807) is 7.11 Å². The number of terminal acetylenes is 1. The average Bonchev–Trinajstić information content (AvgIpc) is 2.48. The summed E-state index contributed by atoms with van der Waals surface area (Å²) in [7, 11) is 1.66. The number of aliphatic hydroxyl groups is 1. The minimum absolute atomic E-state index is 0.239. The fourth-order valence-electron chi connectivity index (χ4n) is 2.14. The van der Waals surface area contributed by atoms with E-state index in [0.717, 1.165) is 25.3 Å². The minimum Gasteiger partial charge on any atom is -0.497 e. The van der Waals surface area contributed by atoms with Crippen molar-refractivity contribution in [3.05, 3.63) is 29.8 Å². The maximum atomic E-state index is 9.98. The maximum absolute atomic E-state index is 9.98. The van der Waals surface area contributed by atoms with Crippen LogP contribution in [-0.4, -0.2) is 49.5 Å². The van der Waals surface area contributed by atoms with Gasteiger partial charge in [-0.25, -0.2) is 0 Å². The summed E-state index contributed by atoms with van der Waals surface area (Å²) in [6.07, 6.45) is 5.62. The van der Waals surface area contributed by atoms with Gasteiger partial charge < -0.3 is 14.6 Å². The van der Waals surface area contributed by atoms with Crippen molar-refractivity contribution in [1.82, 2.24) is 4.90 Å². The second-order valence-corrected chi connectivity index (χ2v) is 4.96. The molecule has 1 N–H and O–H groups in total. The summed E-state index contributed by atoms with van der Waals surface area (Å²) in [6, 6.07) is 7.99. The van der Waals surface area contributed by atoms with Gasteiger partial charge in [0.1, 0.15) is 12.4 Å². The van der Waals surface area contributed by atoms with Gasteiger partial charge >= 0.3 is 0 Å². The Morgan fingerprint density at radius 3 is 2.62 bits per heavy atom. The van der Waals surface area contributed by atoms with Crippen molar-refractivity contribution in [2.75, 3.05) is 33.4 Å².